The van der Waals surface area contributed by atoms with Crippen molar-refractivity contribution in [1.29, 1.82) is 0 Å². The molecule has 7 nitrogen and oxygen atoms in total. The molecule has 210 valence electrons. The molecule has 2 aromatic rings. The second kappa shape index (κ2) is 17.7. The molecule has 0 saturated heterocycles. The van der Waals surface area contributed by atoms with Crippen molar-refractivity contribution < 1.29 is 24.2 Å². The minimum atomic E-state index is -0.653. The van der Waals surface area contributed by atoms with Gasteiger partial charge in [-0.2, -0.15) is 0 Å². The summed E-state index contributed by atoms with van der Waals surface area (Å²) in [6, 6.07) is 18.2. The van der Waals surface area contributed by atoms with Gasteiger partial charge in [0.25, 0.3) is 0 Å². The summed E-state index contributed by atoms with van der Waals surface area (Å²) in [6.07, 6.45) is 6.58. The zero-order valence-electron chi connectivity index (χ0n) is 22.9. The van der Waals surface area contributed by atoms with Gasteiger partial charge in [-0.15, -0.1) is 13.2 Å². The third-order valence-electron chi connectivity index (χ3n) is 6.46. The van der Waals surface area contributed by atoms with Crippen LogP contribution in [0.15, 0.2) is 86.0 Å². The van der Waals surface area contributed by atoms with Gasteiger partial charge in [-0.25, -0.2) is 0 Å². The highest BCUT2D eigenvalue weighted by Crippen LogP contribution is 2.21. The van der Waals surface area contributed by atoms with Crippen LogP contribution in [0.3, 0.4) is 0 Å². The van der Waals surface area contributed by atoms with Crippen LogP contribution in [0.25, 0.3) is 0 Å². The molecule has 0 aliphatic rings. The van der Waals surface area contributed by atoms with E-state index in [0.717, 1.165) is 24.0 Å². The first kappa shape index (κ1) is 31.5. The van der Waals surface area contributed by atoms with E-state index in [0.29, 0.717) is 19.3 Å². The number of carbonyl (C=O) groups is 3. The quantitative estimate of drug-likeness (QED) is 0.146. The van der Waals surface area contributed by atoms with Crippen LogP contribution < -0.4 is 10.6 Å². The Hall–Kier alpha value is -3.71. The minimum absolute atomic E-state index is 0.0319. The number of allylic oxidation sites excluding steroid dienone is 2. The first-order chi connectivity index (χ1) is 18.9. The van der Waals surface area contributed by atoms with E-state index in [1.807, 2.05) is 66.7 Å². The Bertz CT molecular complexity index is 1040. The maximum atomic E-state index is 13.3. The van der Waals surface area contributed by atoms with Crippen molar-refractivity contribution in [1.82, 2.24) is 10.6 Å². The van der Waals surface area contributed by atoms with Crippen molar-refractivity contribution in [3.63, 3.8) is 0 Å². The SMILES string of the molecule is C=CCCC[C@H](Cc1ccccc1)C(=O)OC[C@H](NC(=O)[C@H](CC=C)CC(=O)N[C@@H](C)CO)c1ccccc1. The molecule has 2 aromatic carbocycles. The van der Waals surface area contributed by atoms with Gasteiger partial charge in [0.15, 0.2) is 0 Å². The molecule has 0 aromatic heterocycles. The second-order valence-electron chi connectivity index (χ2n) is 9.78. The molecular formula is C32H42N2O5. The molecule has 0 spiro atoms. The molecule has 4 atom stereocenters. The van der Waals surface area contributed by atoms with E-state index in [-0.39, 0.29) is 43.3 Å². The Morgan fingerprint density at radius 1 is 0.949 bits per heavy atom. The topological polar surface area (TPSA) is 105 Å². The van der Waals surface area contributed by atoms with E-state index < -0.39 is 18.0 Å². The molecule has 0 fully saturated rings. The van der Waals surface area contributed by atoms with E-state index >= 15 is 0 Å². The predicted molar refractivity (Wildman–Crippen MR) is 154 cm³/mol. The Morgan fingerprint density at radius 2 is 1.62 bits per heavy atom. The third-order valence-corrected chi connectivity index (χ3v) is 6.46. The number of amides is 2. The fourth-order valence-corrected chi connectivity index (χ4v) is 4.28. The van der Waals surface area contributed by atoms with E-state index in [1.165, 1.54) is 0 Å². The van der Waals surface area contributed by atoms with Crippen molar-refractivity contribution in [3.05, 3.63) is 97.1 Å². The number of carbonyl (C=O) groups excluding carboxylic acids is 3. The molecular weight excluding hydrogens is 492 g/mol. The van der Waals surface area contributed by atoms with Crippen LogP contribution in [0, 0.1) is 11.8 Å². The number of hydrogen-bond acceptors (Lipinski definition) is 5. The lowest BCUT2D eigenvalue weighted by Gasteiger charge is -2.24. The van der Waals surface area contributed by atoms with Crippen LogP contribution >= 0.6 is 0 Å². The zero-order chi connectivity index (χ0) is 28.5. The molecule has 0 aliphatic heterocycles. The molecule has 0 aliphatic carbocycles. The normalized spacial score (nSPS) is 13.8. The predicted octanol–water partition coefficient (Wildman–Crippen LogP) is 4.68. The summed E-state index contributed by atoms with van der Waals surface area (Å²) in [5.41, 5.74) is 1.85. The van der Waals surface area contributed by atoms with Gasteiger partial charge in [0.1, 0.15) is 6.61 Å². The lowest BCUT2D eigenvalue weighted by molar-refractivity contribution is -0.150. The lowest BCUT2D eigenvalue weighted by atomic mass is 9.94. The number of aliphatic hydroxyl groups excluding tert-OH is 1. The molecule has 0 unspecified atom stereocenters. The van der Waals surface area contributed by atoms with Gasteiger partial charge in [0, 0.05) is 12.5 Å². The molecule has 0 heterocycles. The third kappa shape index (κ3) is 11.7. The van der Waals surface area contributed by atoms with Gasteiger partial charge < -0.3 is 20.5 Å². The molecule has 2 amide bonds. The Balaban J connectivity index is 2.13. The summed E-state index contributed by atoms with van der Waals surface area (Å²) >= 11 is 0. The molecule has 2 rings (SSSR count). The fraction of sp³-hybridized carbons (Fsp3) is 0.406. The second-order valence-corrected chi connectivity index (χ2v) is 9.78. The summed E-state index contributed by atoms with van der Waals surface area (Å²) in [4.78, 5) is 38.9. The molecule has 0 saturated carbocycles. The van der Waals surface area contributed by atoms with Gasteiger partial charge in [0.05, 0.1) is 24.5 Å². The zero-order valence-corrected chi connectivity index (χ0v) is 22.9. The van der Waals surface area contributed by atoms with Gasteiger partial charge >= 0.3 is 5.97 Å². The Labute approximate surface area is 232 Å². The minimum Gasteiger partial charge on any atom is -0.463 e. The van der Waals surface area contributed by atoms with Crippen molar-refractivity contribution in [2.75, 3.05) is 13.2 Å². The molecule has 0 bridgehead atoms. The van der Waals surface area contributed by atoms with Crippen LogP contribution in [0.1, 0.15) is 56.2 Å². The van der Waals surface area contributed by atoms with Gasteiger partial charge in [0.2, 0.25) is 11.8 Å². The Kier molecular flexibility index (Phi) is 14.3. The van der Waals surface area contributed by atoms with E-state index in [9.17, 15) is 19.5 Å². The maximum absolute atomic E-state index is 13.3. The average molecular weight is 535 g/mol. The number of hydrogen-bond donors (Lipinski definition) is 3. The highest BCUT2D eigenvalue weighted by molar-refractivity contribution is 5.86. The van der Waals surface area contributed by atoms with E-state index in [4.69, 9.17) is 4.74 Å². The van der Waals surface area contributed by atoms with E-state index in [1.54, 1.807) is 13.0 Å². The smallest absolute Gasteiger partial charge is 0.309 e. The summed E-state index contributed by atoms with van der Waals surface area (Å²) in [5, 5.41) is 14.9. The first-order valence-electron chi connectivity index (χ1n) is 13.6. The Morgan fingerprint density at radius 3 is 2.23 bits per heavy atom. The van der Waals surface area contributed by atoms with Crippen molar-refractivity contribution in [2.24, 2.45) is 11.8 Å². The van der Waals surface area contributed by atoms with Crippen LogP contribution in [0.5, 0.6) is 0 Å². The maximum Gasteiger partial charge on any atom is 0.309 e. The summed E-state index contributed by atoms with van der Waals surface area (Å²) < 4.78 is 5.81. The van der Waals surface area contributed by atoms with Crippen LogP contribution in [-0.2, 0) is 25.5 Å². The van der Waals surface area contributed by atoms with Crippen LogP contribution in [0.4, 0.5) is 0 Å². The van der Waals surface area contributed by atoms with Crippen LogP contribution in [0.2, 0.25) is 0 Å². The number of ether oxygens (including phenoxy) is 1. The van der Waals surface area contributed by atoms with Crippen molar-refractivity contribution in [2.45, 2.75) is 57.5 Å². The standard InChI is InChI=1S/C32H42N2O5/c1-4-6-9-19-28(20-25-15-10-7-11-16-25)32(38)39-23-29(26-17-12-8-13-18-26)34-31(37)27(14-5-2)21-30(36)33-24(3)22-35/h4-5,7-8,10-13,15-18,24,27-29,35H,1-2,6,9,14,19-23H2,3H3,(H,33,36)(H,34,37)/t24-,27+,28+,29-/m0/s1. The fourth-order valence-electron chi connectivity index (χ4n) is 4.28. The number of unbranched alkanes of at least 4 members (excludes halogenated alkanes) is 1. The van der Waals surface area contributed by atoms with Crippen LogP contribution in [-0.4, -0.2) is 42.1 Å². The average Bonchev–Trinajstić information content (AvgIpc) is 2.95. The number of esters is 1. The van der Waals surface area contributed by atoms with Gasteiger partial charge in [-0.3, -0.25) is 14.4 Å². The lowest BCUT2D eigenvalue weighted by Crippen LogP contribution is -2.41. The summed E-state index contributed by atoms with van der Waals surface area (Å²) in [5.74, 6) is -1.94. The summed E-state index contributed by atoms with van der Waals surface area (Å²) in [6.45, 7) is 8.95. The summed E-state index contributed by atoms with van der Waals surface area (Å²) in [7, 11) is 0. The largest absolute Gasteiger partial charge is 0.463 e. The number of benzene rings is 2. The number of rotatable bonds is 18. The van der Waals surface area contributed by atoms with Crippen molar-refractivity contribution in [3.8, 4) is 0 Å². The molecule has 7 heteroatoms. The molecule has 0 radical (unpaired) electrons. The van der Waals surface area contributed by atoms with Gasteiger partial charge in [-0.1, -0.05) is 72.8 Å². The first-order valence-corrected chi connectivity index (χ1v) is 13.6. The molecule has 39 heavy (non-hydrogen) atoms. The highest BCUT2D eigenvalue weighted by atomic mass is 16.5. The highest BCUT2D eigenvalue weighted by Gasteiger charge is 2.27. The number of aliphatic hydroxyl groups is 1. The number of nitrogens with one attached hydrogen (secondary N) is 2. The van der Waals surface area contributed by atoms with Gasteiger partial charge in [-0.05, 0) is 50.2 Å². The molecule has 3 N–H and O–H groups in total. The monoisotopic (exact) mass is 534 g/mol. The van der Waals surface area contributed by atoms with E-state index in [2.05, 4.69) is 23.8 Å². The van der Waals surface area contributed by atoms with Crippen molar-refractivity contribution >= 4 is 17.8 Å².